The van der Waals surface area contributed by atoms with E-state index in [0.29, 0.717) is 0 Å². The minimum atomic E-state index is -5.08. The molecule has 3 rings (SSSR count). The maximum absolute atomic E-state index is 10.6. The summed E-state index contributed by atoms with van der Waals surface area (Å²) < 4.78 is 63.5. The van der Waals surface area contributed by atoms with Crippen molar-refractivity contribution in [3.8, 4) is 11.4 Å². The van der Waals surface area contributed by atoms with Crippen LogP contribution in [0.15, 0.2) is 36.5 Å². The smallest absolute Gasteiger partial charge is 0.475 e. The highest BCUT2D eigenvalue weighted by molar-refractivity contribution is 5.73. The second kappa shape index (κ2) is 13.7. The fourth-order valence-corrected chi connectivity index (χ4v) is 2.74. The average molecular weight is 514 g/mol. The third kappa shape index (κ3) is 11.7. The lowest BCUT2D eigenvalue weighted by Crippen LogP contribution is -2.46. The number of benzene rings is 1. The number of aliphatic hydroxyl groups is 1. The van der Waals surface area contributed by atoms with Crippen molar-refractivity contribution >= 4 is 11.9 Å². The highest BCUT2D eigenvalue weighted by Crippen LogP contribution is 2.16. The molecule has 1 saturated heterocycles. The number of nitrogens with one attached hydrogen (secondary N) is 1. The topological polar surface area (TPSA) is 130 Å². The Labute approximate surface area is 195 Å². The van der Waals surface area contributed by atoms with E-state index < -0.39 is 24.3 Å². The Kier molecular flexibility index (Phi) is 11.6. The summed E-state index contributed by atoms with van der Waals surface area (Å²) in [6, 6.07) is 10.2. The molecule has 1 aliphatic heterocycles. The number of hydrogen-bond donors (Lipinski definition) is 4. The molecule has 1 fully saturated rings. The molecule has 4 N–H and O–H groups in total. The van der Waals surface area contributed by atoms with Gasteiger partial charge in [0.25, 0.3) is 0 Å². The normalized spacial score (nSPS) is 14.8. The van der Waals surface area contributed by atoms with Gasteiger partial charge in [0.05, 0.1) is 6.61 Å². The van der Waals surface area contributed by atoms with Crippen molar-refractivity contribution in [1.29, 1.82) is 0 Å². The Morgan fingerprint density at radius 2 is 1.34 bits per heavy atom. The van der Waals surface area contributed by atoms with E-state index in [9.17, 15) is 26.3 Å². The molecule has 0 aliphatic carbocycles. The number of carboxylic acids is 2. The Hall–Kier alpha value is -3.17. The van der Waals surface area contributed by atoms with Gasteiger partial charge in [0.15, 0.2) is 0 Å². The van der Waals surface area contributed by atoms with Gasteiger partial charge in [-0.15, -0.1) is 0 Å². The van der Waals surface area contributed by atoms with Gasteiger partial charge >= 0.3 is 24.3 Å². The number of hydrogen-bond acceptors (Lipinski definition) is 6. The van der Waals surface area contributed by atoms with Crippen molar-refractivity contribution < 1.29 is 51.3 Å². The maximum Gasteiger partial charge on any atom is 0.490 e. The van der Waals surface area contributed by atoms with Crippen molar-refractivity contribution in [3.63, 3.8) is 0 Å². The molecule has 0 amide bonds. The molecule has 1 aliphatic rings. The highest BCUT2D eigenvalue weighted by atomic mass is 19.4. The zero-order valence-corrected chi connectivity index (χ0v) is 18.2. The van der Waals surface area contributed by atoms with Crippen LogP contribution in [0, 0.1) is 0 Å². The second-order valence-electron chi connectivity index (χ2n) is 7.07. The Bertz CT molecular complexity index is 889. The van der Waals surface area contributed by atoms with Gasteiger partial charge in [0.1, 0.15) is 5.82 Å². The molecule has 0 unspecified atom stereocenters. The monoisotopic (exact) mass is 514 g/mol. The maximum atomic E-state index is 10.6. The number of piperazine rings is 1. The van der Waals surface area contributed by atoms with Crippen LogP contribution in [0.5, 0.6) is 0 Å². The van der Waals surface area contributed by atoms with Crippen molar-refractivity contribution in [1.82, 2.24) is 19.8 Å². The van der Waals surface area contributed by atoms with Gasteiger partial charge in [-0.05, 0) is 0 Å². The molecule has 2 heterocycles. The standard InChI is InChI=1S/C16H22N4O.2C2HF3O2/c21-11-10-19-6-8-20(9-7-19)13-15-12-17-16(18-15)14-4-2-1-3-5-14;2*3-2(4,5)1(6)7/h1-5,12,21H,6-11,13H2,(H,17,18);2*(H,6,7). The van der Waals surface area contributed by atoms with Gasteiger partial charge in [-0.3, -0.25) is 9.80 Å². The van der Waals surface area contributed by atoms with Crippen LogP contribution in [0.4, 0.5) is 26.3 Å². The zero-order valence-electron chi connectivity index (χ0n) is 18.2. The fourth-order valence-electron chi connectivity index (χ4n) is 2.74. The molecule has 0 saturated carbocycles. The quantitative estimate of drug-likeness (QED) is 0.448. The zero-order chi connectivity index (χ0) is 26.6. The molecule has 0 atom stereocenters. The lowest BCUT2D eigenvalue weighted by molar-refractivity contribution is -0.193. The van der Waals surface area contributed by atoms with E-state index in [0.717, 1.165) is 56.4 Å². The highest BCUT2D eigenvalue weighted by Gasteiger charge is 2.38. The van der Waals surface area contributed by atoms with E-state index in [1.165, 1.54) is 0 Å². The van der Waals surface area contributed by atoms with E-state index >= 15 is 0 Å². The van der Waals surface area contributed by atoms with Crippen molar-refractivity contribution in [3.05, 3.63) is 42.2 Å². The van der Waals surface area contributed by atoms with Crippen LogP contribution in [0.2, 0.25) is 0 Å². The molecular weight excluding hydrogens is 490 g/mol. The summed E-state index contributed by atoms with van der Waals surface area (Å²) in [5.41, 5.74) is 2.28. The number of aromatic amines is 1. The van der Waals surface area contributed by atoms with Crippen LogP contribution in [0.1, 0.15) is 5.69 Å². The number of aliphatic carboxylic acids is 2. The number of nitrogens with zero attached hydrogens (tertiary/aromatic N) is 3. The number of alkyl halides is 6. The molecule has 9 nitrogen and oxygen atoms in total. The number of aromatic nitrogens is 2. The summed E-state index contributed by atoms with van der Waals surface area (Å²) in [5.74, 6) is -4.58. The molecule has 0 bridgehead atoms. The lowest BCUT2D eigenvalue weighted by atomic mass is 10.2. The van der Waals surface area contributed by atoms with Gasteiger partial charge in [-0.25, -0.2) is 14.6 Å². The number of halogens is 6. The first-order chi connectivity index (χ1) is 16.2. The average Bonchev–Trinajstić information content (AvgIpc) is 3.24. The first kappa shape index (κ1) is 29.9. The van der Waals surface area contributed by atoms with Crippen molar-refractivity contribution in [2.24, 2.45) is 0 Å². The molecule has 0 spiro atoms. The molecule has 1 aromatic heterocycles. The Balaban J connectivity index is 0.000000362. The molecule has 1 aromatic carbocycles. The first-order valence-electron chi connectivity index (χ1n) is 9.99. The predicted molar refractivity (Wildman–Crippen MR) is 110 cm³/mol. The summed E-state index contributed by atoms with van der Waals surface area (Å²) in [6.07, 6.45) is -8.23. The summed E-state index contributed by atoms with van der Waals surface area (Å²) in [7, 11) is 0. The fraction of sp³-hybridized carbons (Fsp3) is 0.450. The lowest BCUT2D eigenvalue weighted by Gasteiger charge is -2.33. The van der Waals surface area contributed by atoms with Gasteiger partial charge in [0.2, 0.25) is 0 Å². The van der Waals surface area contributed by atoms with Crippen LogP contribution < -0.4 is 0 Å². The van der Waals surface area contributed by atoms with Crippen LogP contribution in [0.25, 0.3) is 11.4 Å². The van der Waals surface area contributed by atoms with Crippen LogP contribution in [0.3, 0.4) is 0 Å². The van der Waals surface area contributed by atoms with Crippen LogP contribution in [-0.2, 0) is 16.1 Å². The molecular formula is C20H24F6N4O5. The SMILES string of the molecule is O=C(O)C(F)(F)F.O=C(O)C(F)(F)F.OCCN1CCN(Cc2cnc(-c3ccccc3)[nH]2)CC1. The minimum Gasteiger partial charge on any atom is -0.475 e. The van der Waals surface area contributed by atoms with E-state index in [1.807, 2.05) is 24.4 Å². The minimum absolute atomic E-state index is 0.251. The second-order valence-corrected chi connectivity index (χ2v) is 7.07. The number of rotatable bonds is 5. The van der Waals surface area contributed by atoms with Crippen LogP contribution >= 0.6 is 0 Å². The summed E-state index contributed by atoms with van der Waals surface area (Å²) in [6.45, 7) is 6.09. The van der Waals surface area contributed by atoms with E-state index in [2.05, 4.69) is 31.9 Å². The molecule has 196 valence electrons. The third-order valence-corrected chi connectivity index (χ3v) is 4.44. The van der Waals surface area contributed by atoms with E-state index in [-0.39, 0.29) is 6.61 Å². The summed E-state index contributed by atoms with van der Waals surface area (Å²) >= 11 is 0. The number of aliphatic hydroxyl groups excluding tert-OH is 1. The molecule has 0 radical (unpaired) electrons. The number of H-pyrrole nitrogens is 1. The van der Waals surface area contributed by atoms with Gasteiger partial charge < -0.3 is 20.3 Å². The third-order valence-electron chi connectivity index (χ3n) is 4.44. The van der Waals surface area contributed by atoms with Crippen molar-refractivity contribution in [2.45, 2.75) is 18.9 Å². The summed E-state index contributed by atoms with van der Waals surface area (Å²) in [5, 5.41) is 23.2. The van der Waals surface area contributed by atoms with Gasteiger partial charge in [0, 0.05) is 56.7 Å². The van der Waals surface area contributed by atoms with E-state index in [4.69, 9.17) is 24.9 Å². The number of carbonyl (C=O) groups is 2. The summed E-state index contributed by atoms with van der Waals surface area (Å²) in [4.78, 5) is 30.4. The first-order valence-corrected chi connectivity index (χ1v) is 9.99. The molecule has 2 aromatic rings. The number of carboxylic acid groups (broad SMARTS) is 2. The van der Waals surface area contributed by atoms with Gasteiger partial charge in [-0.1, -0.05) is 30.3 Å². The van der Waals surface area contributed by atoms with Crippen LogP contribution in [-0.4, -0.2) is 98.7 Å². The predicted octanol–water partition coefficient (Wildman–Crippen LogP) is 2.45. The molecule has 35 heavy (non-hydrogen) atoms. The Morgan fingerprint density at radius 1 is 0.886 bits per heavy atom. The largest absolute Gasteiger partial charge is 0.490 e. The van der Waals surface area contributed by atoms with Gasteiger partial charge in [-0.2, -0.15) is 26.3 Å². The number of imidazole rings is 1. The number of β-amino-alcohol motifs (C(OH)–C–C–N with tert-alkyl or cyclic N) is 1. The molecule has 15 heteroatoms. The Morgan fingerprint density at radius 3 is 1.77 bits per heavy atom. The van der Waals surface area contributed by atoms with Crippen molar-refractivity contribution in [2.75, 3.05) is 39.3 Å². The van der Waals surface area contributed by atoms with E-state index in [1.54, 1.807) is 0 Å².